The Morgan fingerprint density at radius 2 is 2.35 bits per heavy atom. The number of carbonyl (C=O) groups is 2. The largest absolute Gasteiger partial charge is 0.480 e. The summed E-state index contributed by atoms with van der Waals surface area (Å²) in [6, 6.07) is -1.50. The maximum absolute atomic E-state index is 11.6. The minimum absolute atomic E-state index is 0.154. The Balaban J connectivity index is 2.30. The van der Waals surface area contributed by atoms with Gasteiger partial charge < -0.3 is 25.5 Å². The number of hydrogen-bond acceptors (Lipinski definition) is 4. The summed E-state index contributed by atoms with van der Waals surface area (Å²) in [4.78, 5) is 29.2. The number of carboxylic acid groups (broad SMARTS) is 1. The zero-order valence-corrected chi connectivity index (χ0v) is 11.4. The van der Waals surface area contributed by atoms with E-state index in [1.54, 1.807) is 0 Å². The van der Waals surface area contributed by atoms with E-state index in [1.807, 2.05) is 6.92 Å². The number of ether oxygens (including phenoxy) is 1. The van der Waals surface area contributed by atoms with E-state index in [0.29, 0.717) is 31.9 Å². The zero-order valence-electron chi connectivity index (χ0n) is 11.4. The first-order chi connectivity index (χ1) is 9.63. The number of aliphatic carboxylic acids is 1. The average Bonchev–Trinajstić information content (AvgIpc) is 2.90. The molecular weight excluding hydrogens is 264 g/mol. The summed E-state index contributed by atoms with van der Waals surface area (Å²) in [6.07, 6.45) is 3.82. The normalized spacial score (nSPS) is 11.8. The number of carboxylic acids is 1. The third-order valence-corrected chi connectivity index (χ3v) is 2.54. The van der Waals surface area contributed by atoms with E-state index < -0.39 is 18.0 Å². The lowest BCUT2D eigenvalue weighted by molar-refractivity contribution is -0.139. The molecule has 112 valence electrons. The number of hydrogen-bond donors (Lipinski definition) is 4. The highest BCUT2D eigenvalue weighted by atomic mass is 16.5. The third kappa shape index (κ3) is 6.19. The molecule has 8 nitrogen and oxygen atoms in total. The Bertz CT molecular complexity index is 408. The van der Waals surface area contributed by atoms with Crippen LogP contribution in [0.4, 0.5) is 4.79 Å². The Kier molecular flexibility index (Phi) is 7.12. The van der Waals surface area contributed by atoms with Gasteiger partial charge in [-0.1, -0.05) is 0 Å². The van der Waals surface area contributed by atoms with Crippen LogP contribution in [-0.2, 0) is 16.0 Å². The molecular formula is C12H20N4O4. The second kappa shape index (κ2) is 8.92. The van der Waals surface area contributed by atoms with Crippen molar-refractivity contribution in [1.29, 1.82) is 0 Å². The molecule has 2 amide bonds. The van der Waals surface area contributed by atoms with Gasteiger partial charge in [-0.25, -0.2) is 14.6 Å². The highest BCUT2D eigenvalue weighted by molar-refractivity contribution is 5.82. The first-order valence-corrected chi connectivity index (χ1v) is 6.45. The molecule has 0 aliphatic heterocycles. The number of amides is 2. The Labute approximate surface area is 116 Å². The van der Waals surface area contributed by atoms with Gasteiger partial charge in [-0.15, -0.1) is 0 Å². The Hall–Kier alpha value is -2.09. The van der Waals surface area contributed by atoms with Crippen molar-refractivity contribution in [1.82, 2.24) is 20.6 Å². The lowest BCUT2D eigenvalue weighted by atomic mass is 10.2. The van der Waals surface area contributed by atoms with Crippen LogP contribution in [0.3, 0.4) is 0 Å². The van der Waals surface area contributed by atoms with Gasteiger partial charge in [0.15, 0.2) is 0 Å². The fraction of sp³-hybridized carbons (Fsp3) is 0.583. The van der Waals surface area contributed by atoms with Crippen molar-refractivity contribution in [3.05, 3.63) is 18.2 Å². The Morgan fingerprint density at radius 3 is 2.95 bits per heavy atom. The molecule has 0 fully saturated rings. The molecule has 1 rings (SSSR count). The topological polar surface area (TPSA) is 116 Å². The standard InChI is InChI=1S/C12H20N4O4/c1-2-20-5-3-4-14-12(19)16-10(11(17)18)6-9-7-13-8-15-9/h7-8,10H,2-6H2,1H3,(H,13,15)(H,17,18)(H2,14,16,19). The van der Waals surface area contributed by atoms with Crippen LogP contribution >= 0.6 is 0 Å². The Morgan fingerprint density at radius 1 is 1.55 bits per heavy atom. The number of rotatable bonds is 9. The third-order valence-electron chi connectivity index (χ3n) is 2.54. The molecule has 1 atom stereocenters. The van der Waals surface area contributed by atoms with Gasteiger partial charge in [-0.05, 0) is 13.3 Å². The summed E-state index contributed by atoms with van der Waals surface area (Å²) >= 11 is 0. The van der Waals surface area contributed by atoms with Gasteiger partial charge in [0.2, 0.25) is 0 Å². The molecule has 4 N–H and O–H groups in total. The number of H-pyrrole nitrogens is 1. The minimum Gasteiger partial charge on any atom is -0.480 e. The van der Waals surface area contributed by atoms with Crippen molar-refractivity contribution in [2.45, 2.75) is 25.8 Å². The predicted molar refractivity (Wildman–Crippen MR) is 71.4 cm³/mol. The van der Waals surface area contributed by atoms with Gasteiger partial charge in [-0.2, -0.15) is 0 Å². The van der Waals surface area contributed by atoms with Gasteiger partial charge in [0.05, 0.1) is 6.33 Å². The molecule has 0 aliphatic rings. The van der Waals surface area contributed by atoms with Gasteiger partial charge in [0.1, 0.15) is 6.04 Å². The second-order valence-corrected chi connectivity index (χ2v) is 4.12. The van der Waals surface area contributed by atoms with Crippen molar-refractivity contribution in [2.75, 3.05) is 19.8 Å². The van der Waals surface area contributed by atoms with Crippen molar-refractivity contribution in [2.24, 2.45) is 0 Å². The molecule has 1 heterocycles. The quantitative estimate of drug-likeness (QED) is 0.481. The smallest absolute Gasteiger partial charge is 0.326 e. The summed E-state index contributed by atoms with van der Waals surface area (Å²) in [5, 5.41) is 14.1. The van der Waals surface area contributed by atoms with E-state index in [2.05, 4.69) is 20.6 Å². The van der Waals surface area contributed by atoms with E-state index >= 15 is 0 Å². The lowest BCUT2D eigenvalue weighted by Crippen LogP contribution is -2.47. The average molecular weight is 284 g/mol. The number of nitrogens with zero attached hydrogens (tertiary/aromatic N) is 1. The summed E-state index contributed by atoms with van der Waals surface area (Å²) in [7, 11) is 0. The molecule has 0 aromatic carbocycles. The van der Waals surface area contributed by atoms with E-state index in [9.17, 15) is 9.59 Å². The first kappa shape index (κ1) is 16.0. The van der Waals surface area contributed by atoms with Crippen LogP contribution < -0.4 is 10.6 Å². The van der Waals surface area contributed by atoms with E-state index in [0.717, 1.165) is 0 Å². The van der Waals surface area contributed by atoms with Crippen molar-refractivity contribution in [3.63, 3.8) is 0 Å². The highest BCUT2D eigenvalue weighted by Gasteiger charge is 2.20. The molecule has 1 unspecified atom stereocenters. The molecule has 0 radical (unpaired) electrons. The van der Waals surface area contributed by atoms with Crippen LogP contribution in [0, 0.1) is 0 Å². The van der Waals surface area contributed by atoms with Gasteiger partial charge in [-0.3, -0.25) is 0 Å². The number of aromatic nitrogens is 2. The molecule has 20 heavy (non-hydrogen) atoms. The summed E-state index contributed by atoms with van der Waals surface area (Å²) < 4.78 is 5.13. The van der Waals surface area contributed by atoms with Crippen LogP contribution in [-0.4, -0.2) is 52.9 Å². The fourth-order valence-electron chi connectivity index (χ4n) is 1.55. The molecule has 8 heteroatoms. The first-order valence-electron chi connectivity index (χ1n) is 6.45. The fourth-order valence-corrected chi connectivity index (χ4v) is 1.55. The second-order valence-electron chi connectivity index (χ2n) is 4.12. The van der Waals surface area contributed by atoms with Gasteiger partial charge in [0.25, 0.3) is 0 Å². The van der Waals surface area contributed by atoms with Crippen LogP contribution in [0.2, 0.25) is 0 Å². The number of carbonyl (C=O) groups excluding carboxylic acids is 1. The molecule has 0 spiro atoms. The van der Waals surface area contributed by atoms with E-state index in [-0.39, 0.29) is 6.42 Å². The lowest BCUT2D eigenvalue weighted by Gasteiger charge is -2.14. The molecule has 1 aromatic heterocycles. The number of imidazole rings is 1. The van der Waals surface area contributed by atoms with Crippen LogP contribution in [0.25, 0.3) is 0 Å². The van der Waals surface area contributed by atoms with Crippen LogP contribution in [0.15, 0.2) is 12.5 Å². The SMILES string of the molecule is CCOCCCNC(=O)NC(Cc1cnc[nH]1)C(=O)O. The molecule has 1 aromatic rings. The number of aromatic amines is 1. The predicted octanol–water partition coefficient (Wildman–Crippen LogP) is 0.131. The zero-order chi connectivity index (χ0) is 14.8. The minimum atomic E-state index is -1.09. The monoisotopic (exact) mass is 284 g/mol. The maximum Gasteiger partial charge on any atom is 0.326 e. The summed E-state index contributed by atoms with van der Waals surface area (Å²) in [6.45, 7) is 3.53. The highest BCUT2D eigenvalue weighted by Crippen LogP contribution is 1.98. The maximum atomic E-state index is 11.6. The van der Waals surface area contributed by atoms with Crippen LogP contribution in [0.5, 0.6) is 0 Å². The number of urea groups is 1. The molecule has 0 bridgehead atoms. The summed E-state index contributed by atoms with van der Waals surface area (Å²) in [5.74, 6) is -1.09. The summed E-state index contributed by atoms with van der Waals surface area (Å²) in [5.41, 5.74) is 0.647. The van der Waals surface area contributed by atoms with Gasteiger partial charge in [0, 0.05) is 38.1 Å². The van der Waals surface area contributed by atoms with Crippen molar-refractivity contribution in [3.8, 4) is 0 Å². The van der Waals surface area contributed by atoms with Crippen molar-refractivity contribution < 1.29 is 19.4 Å². The van der Waals surface area contributed by atoms with Crippen molar-refractivity contribution >= 4 is 12.0 Å². The number of nitrogens with one attached hydrogen (secondary N) is 3. The van der Waals surface area contributed by atoms with E-state index in [1.165, 1.54) is 12.5 Å². The van der Waals surface area contributed by atoms with E-state index in [4.69, 9.17) is 9.84 Å². The van der Waals surface area contributed by atoms with Gasteiger partial charge >= 0.3 is 12.0 Å². The molecule has 0 saturated heterocycles. The molecule has 0 aliphatic carbocycles. The van der Waals surface area contributed by atoms with Crippen LogP contribution in [0.1, 0.15) is 19.0 Å². The molecule has 0 saturated carbocycles.